The summed E-state index contributed by atoms with van der Waals surface area (Å²) in [5.41, 5.74) is 4.20. The molecule has 0 saturated heterocycles. The van der Waals surface area contributed by atoms with E-state index < -0.39 is 0 Å². The van der Waals surface area contributed by atoms with Crippen molar-refractivity contribution in [2.45, 2.75) is 39.2 Å². The molecule has 1 aliphatic rings. The highest BCUT2D eigenvalue weighted by Crippen LogP contribution is 2.24. The van der Waals surface area contributed by atoms with Gasteiger partial charge in [0, 0.05) is 29.9 Å². The Bertz CT molecular complexity index is 945. The smallest absolute Gasteiger partial charge is 0.175 e. The van der Waals surface area contributed by atoms with Crippen LogP contribution in [0.1, 0.15) is 30.7 Å². The number of benzene rings is 2. The number of fused-ring (bicyclic) bond motifs is 1. The lowest BCUT2D eigenvalue weighted by Gasteiger charge is -2.13. The number of aromatic nitrogens is 3. The average Bonchev–Trinajstić information content (AvgIpc) is 2.92. The normalized spacial score (nSPS) is 13.5. The zero-order valence-corrected chi connectivity index (χ0v) is 16.2. The first-order valence-corrected chi connectivity index (χ1v) is 9.78. The van der Waals surface area contributed by atoms with Crippen molar-refractivity contribution in [2.24, 2.45) is 0 Å². The van der Waals surface area contributed by atoms with Crippen LogP contribution in [0.4, 0.5) is 11.4 Å². The summed E-state index contributed by atoms with van der Waals surface area (Å²) in [4.78, 5) is 0. The third-order valence-corrected chi connectivity index (χ3v) is 5.11. The lowest BCUT2D eigenvalue weighted by molar-refractivity contribution is 0.636. The summed E-state index contributed by atoms with van der Waals surface area (Å²) in [6.45, 7) is 3.06. The van der Waals surface area contributed by atoms with Crippen molar-refractivity contribution in [3.05, 3.63) is 59.9 Å². The Balaban J connectivity index is 1.46. The van der Waals surface area contributed by atoms with Crippen LogP contribution in [0, 0.1) is 6.92 Å². The van der Waals surface area contributed by atoms with E-state index in [0.29, 0.717) is 5.11 Å². The van der Waals surface area contributed by atoms with Crippen molar-refractivity contribution >= 4 is 28.7 Å². The Hall–Kier alpha value is -2.73. The molecule has 0 aliphatic carbocycles. The Morgan fingerprint density at radius 2 is 1.78 bits per heavy atom. The summed E-state index contributed by atoms with van der Waals surface area (Å²) in [6.07, 6.45) is 4.67. The zero-order chi connectivity index (χ0) is 18.6. The van der Waals surface area contributed by atoms with Crippen molar-refractivity contribution < 1.29 is 0 Å². The molecule has 0 unspecified atom stereocenters. The minimum atomic E-state index is 0.577. The lowest BCUT2D eigenvalue weighted by atomic mass is 10.2. The van der Waals surface area contributed by atoms with Crippen molar-refractivity contribution in [3.63, 3.8) is 0 Å². The molecule has 2 heterocycles. The minimum Gasteiger partial charge on any atom is -0.332 e. The van der Waals surface area contributed by atoms with Crippen LogP contribution in [0.3, 0.4) is 0 Å². The molecule has 138 valence electrons. The number of hydrogen-bond donors (Lipinski definition) is 2. The molecular formula is C21H23N5S. The predicted molar refractivity (Wildman–Crippen MR) is 114 cm³/mol. The van der Waals surface area contributed by atoms with Crippen LogP contribution < -0.4 is 10.6 Å². The van der Waals surface area contributed by atoms with Crippen LogP contribution in [0.5, 0.6) is 0 Å². The molecule has 3 aromatic rings. The molecule has 0 bridgehead atoms. The van der Waals surface area contributed by atoms with Crippen LogP contribution in [-0.4, -0.2) is 19.9 Å². The lowest BCUT2D eigenvalue weighted by Crippen LogP contribution is -2.19. The van der Waals surface area contributed by atoms with Gasteiger partial charge in [0.2, 0.25) is 0 Å². The maximum atomic E-state index is 5.44. The van der Waals surface area contributed by atoms with Crippen LogP contribution >= 0.6 is 12.2 Å². The first kappa shape index (κ1) is 17.7. The van der Waals surface area contributed by atoms with Crippen molar-refractivity contribution in [1.29, 1.82) is 0 Å². The number of nitrogens with one attached hydrogen (secondary N) is 2. The van der Waals surface area contributed by atoms with Crippen LogP contribution in [-0.2, 0) is 13.0 Å². The van der Waals surface area contributed by atoms with Crippen molar-refractivity contribution in [2.75, 3.05) is 10.6 Å². The molecule has 6 heteroatoms. The second-order valence-corrected chi connectivity index (χ2v) is 7.28. The molecule has 0 saturated carbocycles. The number of nitrogens with zero attached hydrogens (tertiary/aromatic N) is 3. The second-order valence-electron chi connectivity index (χ2n) is 6.87. The third-order valence-electron chi connectivity index (χ3n) is 4.90. The van der Waals surface area contributed by atoms with Crippen LogP contribution in [0.15, 0.2) is 48.5 Å². The summed E-state index contributed by atoms with van der Waals surface area (Å²) >= 11 is 5.44. The molecule has 1 aromatic heterocycles. The molecule has 0 fully saturated rings. The van der Waals surface area contributed by atoms with E-state index in [1.165, 1.54) is 19.3 Å². The molecule has 2 N–H and O–H groups in total. The standard InChI is InChI=1S/C21H23N5S/c1-15-7-4-5-8-18(15)23-21(27)22-17-12-10-16(11-13-17)20-25-24-19-9-3-2-6-14-26(19)20/h4-5,7-8,10-13H,2-3,6,9,14H2,1H3,(H2,22,23,27). The fourth-order valence-corrected chi connectivity index (χ4v) is 3.63. The Morgan fingerprint density at radius 3 is 2.59 bits per heavy atom. The fourth-order valence-electron chi connectivity index (χ4n) is 3.40. The Kier molecular flexibility index (Phi) is 5.16. The largest absolute Gasteiger partial charge is 0.332 e. The quantitative estimate of drug-likeness (QED) is 0.643. The van der Waals surface area contributed by atoms with E-state index in [2.05, 4.69) is 50.5 Å². The molecule has 27 heavy (non-hydrogen) atoms. The number of para-hydroxylation sites is 1. The van der Waals surface area contributed by atoms with Gasteiger partial charge >= 0.3 is 0 Å². The molecule has 1 aliphatic heterocycles. The molecule has 4 rings (SSSR count). The number of thiocarbonyl (C=S) groups is 1. The van der Waals surface area contributed by atoms with Gasteiger partial charge in [0.1, 0.15) is 5.82 Å². The van der Waals surface area contributed by atoms with Gasteiger partial charge in [-0.3, -0.25) is 0 Å². The van der Waals surface area contributed by atoms with Gasteiger partial charge in [0.25, 0.3) is 0 Å². The Morgan fingerprint density at radius 1 is 0.963 bits per heavy atom. The maximum absolute atomic E-state index is 5.44. The summed E-state index contributed by atoms with van der Waals surface area (Å²) < 4.78 is 2.26. The molecule has 0 amide bonds. The molecule has 0 spiro atoms. The van der Waals surface area contributed by atoms with Crippen LogP contribution in [0.2, 0.25) is 0 Å². The highest BCUT2D eigenvalue weighted by Gasteiger charge is 2.15. The van der Waals surface area contributed by atoms with E-state index in [1.807, 2.05) is 30.3 Å². The molecular weight excluding hydrogens is 354 g/mol. The zero-order valence-electron chi connectivity index (χ0n) is 15.4. The van der Waals surface area contributed by atoms with E-state index >= 15 is 0 Å². The number of hydrogen-bond acceptors (Lipinski definition) is 3. The van der Waals surface area contributed by atoms with E-state index in [1.54, 1.807) is 0 Å². The minimum absolute atomic E-state index is 0.577. The number of anilines is 2. The monoisotopic (exact) mass is 377 g/mol. The van der Waals surface area contributed by atoms with Gasteiger partial charge in [-0.15, -0.1) is 10.2 Å². The molecule has 2 aromatic carbocycles. The SMILES string of the molecule is Cc1ccccc1NC(=S)Nc1ccc(-c2nnc3n2CCCCC3)cc1. The first-order valence-electron chi connectivity index (χ1n) is 9.37. The summed E-state index contributed by atoms with van der Waals surface area (Å²) in [5.74, 6) is 2.06. The van der Waals surface area contributed by atoms with Crippen molar-refractivity contribution in [3.8, 4) is 11.4 Å². The molecule has 5 nitrogen and oxygen atoms in total. The number of rotatable bonds is 3. The fraction of sp³-hybridized carbons (Fsp3) is 0.286. The predicted octanol–water partition coefficient (Wildman–Crippen LogP) is 4.79. The summed E-state index contributed by atoms with van der Waals surface area (Å²) in [5, 5.41) is 15.9. The van der Waals surface area contributed by atoms with Gasteiger partial charge in [-0.25, -0.2) is 0 Å². The van der Waals surface area contributed by atoms with Gasteiger partial charge in [-0.05, 0) is 67.9 Å². The highest BCUT2D eigenvalue weighted by molar-refractivity contribution is 7.80. The van der Waals surface area contributed by atoms with E-state index in [4.69, 9.17) is 12.2 Å². The van der Waals surface area contributed by atoms with Crippen LogP contribution in [0.25, 0.3) is 11.4 Å². The van der Waals surface area contributed by atoms with Gasteiger partial charge in [-0.1, -0.05) is 24.6 Å². The maximum Gasteiger partial charge on any atom is 0.175 e. The summed E-state index contributed by atoms with van der Waals surface area (Å²) in [7, 11) is 0. The molecule has 0 atom stereocenters. The second kappa shape index (κ2) is 7.88. The highest BCUT2D eigenvalue weighted by atomic mass is 32.1. The summed E-state index contributed by atoms with van der Waals surface area (Å²) in [6, 6.07) is 16.3. The van der Waals surface area contributed by atoms with Crippen molar-refractivity contribution in [1.82, 2.24) is 14.8 Å². The molecule has 0 radical (unpaired) electrons. The topological polar surface area (TPSA) is 54.8 Å². The Labute approximate surface area is 164 Å². The van der Waals surface area contributed by atoms with Gasteiger partial charge in [-0.2, -0.15) is 0 Å². The van der Waals surface area contributed by atoms with E-state index in [-0.39, 0.29) is 0 Å². The number of aryl methyl sites for hydroxylation is 2. The average molecular weight is 378 g/mol. The van der Waals surface area contributed by atoms with E-state index in [0.717, 1.165) is 47.1 Å². The van der Waals surface area contributed by atoms with Gasteiger partial charge in [0.05, 0.1) is 0 Å². The van der Waals surface area contributed by atoms with E-state index in [9.17, 15) is 0 Å². The third kappa shape index (κ3) is 4.01. The van der Waals surface area contributed by atoms with Gasteiger partial charge in [0.15, 0.2) is 10.9 Å². The van der Waals surface area contributed by atoms with Gasteiger partial charge < -0.3 is 15.2 Å². The first-order chi connectivity index (χ1) is 13.2.